The highest BCUT2D eigenvalue weighted by Gasteiger charge is 2.16. The Labute approximate surface area is 131 Å². The zero-order chi connectivity index (χ0) is 15.8. The Morgan fingerprint density at radius 3 is 2.91 bits per heavy atom. The van der Waals surface area contributed by atoms with E-state index in [-0.39, 0.29) is 12.8 Å². The number of fused-ring (bicyclic) bond motifs is 2. The largest absolute Gasteiger partial charge is 0.465 e. The molecule has 1 aliphatic rings. The highest BCUT2D eigenvalue weighted by Crippen LogP contribution is 2.35. The summed E-state index contributed by atoms with van der Waals surface area (Å²) >= 11 is 0. The van der Waals surface area contributed by atoms with Crippen molar-refractivity contribution in [2.24, 2.45) is 0 Å². The summed E-state index contributed by atoms with van der Waals surface area (Å²) < 4.78 is 15.4. The number of anilines is 2. The monoisotopic (exact) mass is 311 g/mol. The van der Waals surface area contributed by atoms with Crippen LogP contribution in [-0.2, 0) is 4.74 Å². The van der Waals surface area contributed by atoms with E-state index in [0.717, 1.165) is 16.7 Å². The van der Waals surface area contributed by atoms with E-state index in [1.54, 1.807) is 18.2 Å². The number of carbonyl (C=O) groups excluding carboxylic acids is 1. The first-order valence-corrected chi connectivity index (χ1v) is 6.98. The van der Waals surface area contributed by atoms with Crippen LogP contribution in [0.1, 0.15) is 10.4 Å². The summed E-state index contributed by atoms with van der Waals surface area (Å²) in [6, 6.07) is 10.7. The van der Waals surface area contributed by atoms with Gasteiger partial charge in [0.25, 0.3) is 0 Å². The van der Waals surface area contributed by atoms with Crippen LogP contribution in [0.2, 0.25) is 0 Å². The lowest BCUT2D eigenvalue weighted by molar-refractivity contribution is 0.0601. The normalized spacial score (nSPS) is 12.4. The molecular formula is C16H13N3O4. The third-order valence-corrected chi connectivity index (χ3v) is 3.52. The zero-order valence-corrected chi connectivity index (χ0v) is 12.3. The minimum atomic E-state index is -0.385. The fourth-order valence-corrected chi connectivity index (χ4v) is 2.44. The Kier molecular flexibility index (Phi) is 3.04. The lowest BCUT2D eigenvalue weighted by atomic mass is 10.2. The number of aromatic nitrogens is 2. The average Bonchev–Trinajstić information content (AvgIpc) is 3.17. The van der Waals surface area contributed by atoms with Crippen LogP contribution in [0.15, 0.2) is 36.4 Å². The molecule has 2 heterocycles. The van der Waals surface area contributed by atoms with Gasteiger partial charge in [-0.3, -0.25) is 0 Å². The lowest BCUT2D eigenvalue weighted by Gasteiger charge is -2.04. The second kappa shape index (κ2) is 5.20. The first-order chi connectivity index (χ1) is 11.2. The number of aromatic amines is 1. The number of hydrogen-bond donors (Lipinski definition) is 2. The Hall–Kier alpha value is -3.22. The predicted octanol–water partition coefficient (Wildman–Crippen LogP) is 2.82. The first kappa shape index (κ1) is 13.4. The second-order valence-electron chi connectivity index (χ2n) is 5.01. The maximum atomic E-state index is 11.6. The number of ether oxygens (including phenoxy) is 3. The molecule has 3 aromatic rings. The van der Waals surface area contributed by atoms with E-state index in [0.29, 0.717) is 23.0 Å². The van der Waals surface area contributed by atoms with Gasteiger partial charge >= 0.3 is 5.97 Å². The van der Waals surface area contributed by atoms with E-state index in [1.807, 2.05) is 18.2 Å². The molecule has 0 atom stereocenters. The third kappa shape index (κ3) is 2.42. The Morgan fingerprint density at radius 1 is 1.26 bits per heavy atom. The van der Waals surface area contributed by atoms with E-state index in [9.17, 15) is 4.79 Å². The Bertz CT molecular complexity index is 862. The standard InChI is InChI=1S/C16H13N3O4/c1-21-15(20)9-3-2-4-10(5-9)17-16-18-11-6-13-14(23-8-22-13)7-12(11)19-16/h2-7H,8H2,1H3,(H2,17,18,19). The quantitative estimate of drug-likeness (QED) is 0.723. The number of hydrogen-bond acceptors (Lipinski definition) is 6. The SMILES string of the molecule is COC(=O)c1cccc(Nc2nc3cc4c(cc3[nH]2)OCO4)c1. The van der Waals surface area contributed by atoms with Gasteiger partial charge in [0.2, 0.25) is 12.7 Å². The first-order valence-electron chi connectivity index (χ1n) is 6.98. The van der Waals surface area contributed by atoms with Crippen molar-refractivity contribution >= 4 is 28.6 Å². The van der Waals surface area contributed by atoms with Crippen LogP contribution in [-0.4, -0.2) is 29.8 Å². The topological polar surface area (TPSA) is 85.5 Å². The highest BCUT2D eigenvalue weighted by atomic mass is 16.7. The fourth-order valence-electron chi connectivity index (χ4n) is 2.44. The van der Waals surface area contributed by atoms with Gasteiger partial charge in [0.1, 0.15) is 0 Å². The van der Waals surface area contributed by atoms with E-state index < -0.39 is 0 Å². The van der Waals surface area contributed by atoms with Crippen molar-refractivity contribution in [3.63, 3.8) is 0 Å². The highest BCUT2D eigenvalue weighted by molar-refractivity contribution is 5.90. The molecule has 1 aliphatic heterocycles. The van der Waals surface area contributed by atoms with Crippen molar-refractivity contribution in [1.29, 1.82) is 0 Å². The molecule has 0 radical (unpaired) electrons. The van der Waals surface area contributed by atoms with E-state index >= 15 is 0 Å². The number of rotatable bonds is 3. The van der Waals surface area contributed by atoms with Gasteiger partial charge in [0.05, 0.1) is 23.7 Å². The molecule has 0 fully saturated rings. The molecule has 0 saturated carbocycles. The molecular weight excluding hydrogens is 298 g/mol. The van der Waals surface area contributed by atoms with Crippen molar-refractivity contribution in [1.82, 2.24) is 9.97 Å². The van der Waals surface area contributed by atoms with Crippen molar-refractivity contribution in [2.75, 3.05) is 19.2 Å². The number of benzene rings is 2. The smallest absolute Gasteiger partial charge is 0.337 e. The minimum Gasteiger partial charge on any atom is -0.465 e. The lowest BCUT2D eigenvalue weighted by Crippen LogP contribution is -2.02. The van der Waals surface area contributed by atoms with Crippen molar-refractivity contribution < 1.29 is 19.0 Å². The second-order valence-corrected chi connectivity index (χ2v) is 5.01. The summed E-state index contributed by atoms with van der Waals surface area (Å²) in [7, 11) is 1.35. The Balaban J connectivity index is 1.64. The summed E-state index contributed by atoms with van der Waals surface area (Å²) in [5.41, 5.74) is 2.79. The predicted molar refractivity (Wildman–Crippen MR) is 83.3 cm³/mol. The van der Waals surface area contributed by atoms with Gasteiger partial charge in [0, 0.05) is 17.8 Å². The number of carbonyl (C=O) groups is 1. The minimum absolute atomic E-state index is 0.230. The third-order valence-electron chi connectivity index (χ3n) is 3.52. The number of esters is 1. The van der Waals surface area contributed by atoms with E-state index in [4.69, 9.17) is 14.2 Å². The van der Waals surface area contributed by atoms with Gasteiger partial charge in [-0.1, -0.05) is 6.07 Å². The van der Waals surface area contributed by atoms with Crippen LogP contribution < -0.4 is 14.8 Å². The van der Waals surface area contributed by atoms with E-state index in [2.05, 4.69) is 15.3 Å². The summed E-state index contributed by atoms with van der Waals surface area (Å²) in [6.07, 6.45) is 0. The molecule has 0 amide bonds. The molecule has 7 heteroatoms. The summed E-state index contributed by atoms with van der Waals surface area (Å²) in [6.45, 7) is 0.230. The van der Waals surface area contributed by atoms with Gasteiger partial charge in [-0.05, 0) is 18.2 Å². The van der Waals surface area contributed by atoms with Crippen LogP contribution in [0.3, 0.4) is 0 Å². The maximum Gasteiger partial charge on any atom is 0.337 e. The molecule has 0 spiro atoms. The van der Waals surface area contributed by atoms with Gasteiger partial charge in [-0.2, -0.15) is 0 Å². The summed E-state index contributed by atoms with van der Waals surface area (Å²) in [5, 5.41) is 3.13. The Morgan fingerprint density at radius 2 is 2.09 bits per heavy atom. The summed E-state index contributed by atoms with van der Waals surface area (Å²) in [5.74, 6) is 1.55. The zero-order valence-electron chi connectivity index (χ0n) is 12.3. The average molecular weight is 311 g/mol. The van der Waals surface area contributed by atoms with Crippen LogP contribution in [0.25, 0.3) is 11.0 Å². The van der Waals surface area contributed by atoms with Gasteiger partial charge in [-0.15, -0.1) is 0 Å². The van der Waals surface area contributed by atoms with Crippen molar-refractivity contribution in [3.05, 3.63) is 42.0 Å². The number of H-pyrrole nitrogens is 1. The molecule has 2 N–H and O–H groups in total. The number of methoxy groups -OCH3 is 1. The molecule has 4 rings (SSSR count). The van der Waals surface area contributed by atoms with E-state index in [1.165, 1.54) is 7.11 Å². The molecule has 0 saturated heterocycles. The molecule has 23 heavy (non-hydrogen) atoms. The van der Waals surface area contributed by atoms with Crippen molar-refractivity contribution in [2.45, 2.75) is 0 Å². The van der Waals surface area contributed by atoms with Crippen LogP contribution >= 0.6 is 0 Å². The molecule has 0 bridgehead atoms. The molecule has 7 nitrogen and oxygen atoms in total. The fraction of sp³-hybridized carbons (Fsp3) is 0.125. The van der Waals surface area contributed by atoms with Gasteiger partial charge in [0.15, 0.2) is 11.5 Å². The number of imidazole rings is 1. The number of nitrogens with one attached hydrogen (secondary N) is 2. The molecule has 2 aromatic carbocycles. The van der Waals surface area contributed by atoms with Crippen LogP contribution in [0.5, 0.6) is 11.5 Å². The van der Waals surface area contributed by atoms with Crippen LogP contribution in [0.4, 0.5) is 11.6 Å². The molecule has 0 unspecified atom stereocenters. The van der Waals surface area contributed by atoms with Gasteiger partial charge < -0.3 is 24.5 Å². The maximum absolute atomic E-state index is 11.6. The number of nitrogens with zero attached hydrogens (tertiary/aromatic N) is 1. The van der Waals surface area contributed by atoms with Crippen LogP contribution in [0, 0.1) is 0 Å². The summed E-state index contributed by atoms with van der Waals surface area (Å²) in [4.78, 5) is 19.2. The molecule has 0 aliphatic carbocycles. The molecule has 116 valence electrons. The molecule has 1 aromatic heterocycles. The van der Waals surface area contributed by atoms with Crippen molar-refractivity contribution in [3.8, 4) is 11.5 Å². The van der Waals surface area contributed by atoms with Gasteiger partial charge in [-0.25, -0.2) is 9.78 Å².